The van der Waals surface area contributed by atoms with Crippen molar-refractivity contribution in [3.05, 3.63) is 53.3 Å². The Morgan fingerprint density at radius 1 is 1.21 bits per heavy atom. The van der Waals surface area contributed by atoms with E-state index in [9.17, 15) is 9.59 Å². The standard InChI is InChI=1S/C18H20N4O2/c23-17(19-11-13-6-7-13)15-10-16-18(24)21(8-9-22(16)20-15)12-14-4-2-1-3-5-14/h1-5,10,13H,6-9,11-12H2,(H,19,23). The number of aromatic nitrogens is 2. The van der Waals surface area contributed by atoms with E-state index in [0.717, 1.165) is 5.56 Å². The zero-order valence-corrected chi connectivity index (χ0v) is 13.4. The van der Waals surface area contributed by atoms with Crippen LogP contribution < -0.4 is 5.32 Å². The molecule has 1 N–H and O–H groups in total. The molecule has 0 atom stereocenters. The summed E-state index contributed by atoms with van der Waals surface area (Å²) in [5.74, 6) is 0.360. The fourth-order valence-electron chi connectivity index (χ4n) is 2.95. The van der Waals surface area contributed by atoms with Gasteiger partial charge >= 0.3 is 0 Å². The zero-order valence-electron chi connectivity index (χ0n) is 13.4. The van der Waals surface area contributed by atoms with Gasteiger partial charge in [-0.15, -0.1) is 0 Å². The first-order valence-electron chi connectivity index (χ1n) is 8.40. The second kappa shape index (κ2) is 6.11. The van der Waals surface area contributed by atoms with E-state index >= 15 is 0 Å². The third kappa shape index (κ3) is 3.04. The molecule has 2 aromatic rings. The van der Waals surface area contributed by atoms with Gasteiger partial charge in [0.1, 0.15) is 5.69 Å². The highest BCUT2D eigenvalue weighted by Crippen LogP contribution is 2.27. The predicted molar refractivity (Wildman–Crippen MR) is 88.5 cm³/mol. The summed E-state index contributed by atoms with van der Waals surface area (Å²) in [5.41, 5.74) is 1.93. The minimum absolute atomic E-state index is 0.0705. The number of benzene rings is 1. The molecule has 2 aliphatic rings. The average molecular weight is 324 g/mol. The fraction of sp³-hybridized carbons (Fsp3) is 0.389. The van der Waals surface area contributed by atoms with Crippen molar-refractivity contribution in [3.63, 3.8) is 0 Å². The van der Waals surface area contributed by atoms with Crippen LogP contribution >= 0.6 is 0 Å². The number of nitrogens with zero attached hydrogens (tertiary/aromatic N) is 3. The van der Waals surface area contributed by atoms with Crippen LogP contribution in [-0.2, 0) is 13.1 Å². The Labute approximate surface area is 140 Å². The molecule has 0 unspecified atom stereocenters. The van der Waals surface area contributed by atoms with Crippen LogP contribution in [0.3, 0.4) is 0 Å². The van der Waals surface area contributed by atoms with Gasteiger partial charge in [0.15, 0.2) is 5.69 Å². The van der Waals surface area contributed by atoms with Crippen LogP contribution in [-0.4, -0.2) is 39.6 Å². The largest absolute Gasteiger partial charge is 0.350 e. The molecule has 6 heteroatoms. The summed E-state index contributed by atoms with van der Waals surface area (Å²) < 4.78 is 1.65. The van der Waals surface area contributed by atoms with Crippen LogP contribution in [0.15, 0.2) is 36.4 Å². The summed E-state index contributed by atoms with van der Waals surface area (Å²) in [4.78, 5) is 26.6. The summed E-state index contributed by atoms with van der Waals surface area (Å²) in [5, 5.41) is 7.19. The van der Waals surface area contributed by atoms with Crippen molar-refractivity contribution in [3.8, 4) is 0 Å². The second-order valence-corrected chi connectivity index (χ2v) is 6.50. The lowest BCUT2D eigenvalue weighted by atomic mass is 10.2. The van der Waals surface area contributed by atoms with Crippen molar-refractivity contribution >= 4 is 11.8 Å². The number of carbonyl (C=O) groups excluding carboxylic acids is 2. The Morgan fingerprint density at radius 2 is 2.00 bits per heavy atom. The molecule has 1 aliphatic heterocycles. The highest BCUT2D eigenvalue weighted by atomic mass is 16.2. The molecule has 1 saturated carbocycles. The SMILES string of the molecule is O=C(NCC1CC1)c1cc2n(n1)CCN(Cc1ccccc1)C2=O. The monoisotopic (exact) mass is 324 g/mol. The highest BCUT2D eigenvalue weighted by Gasteiger charge is 2.28. The lowest BCUT2D eigenvalue weighted by molar-refractivity contribution is 0.0683. The highest BCUT2D eigenvalue weighted by molar-refractivity contribution is 5.98. The third-order valence-electron chi connectivity index (χ3n) is 4.57. The Kier molecular flexibility index (Phi) is 3.80. The van der Waals surface area contributed by atoms with E-state index in [-0.39, 0.29) is 11.8 Å². The molecule has 1 aromatic carbocycles. The van der Waals surface area contributed by atoms with Crippen molar-refractivity contribution in [1.82, 2.24) is 20.0 Å². The molecule has 0 spiro atoms. The van der Waals surface area contributed by atoms with Gasteiger partial charge in [-0.1, -0.05) is 30.3 Å². The molecule has 24 heavy (non-hydrogen) atoms. The number of amides is 2. The second-order valence-electron chi connectivity index (χ2n) is 6.50. The van der Waals surface area contributed by atoms with Gasteiger partial charge in [0.05, 0.1) is 6.54 Å². The quantitative estimate of drug-likeness (QED) is 0.910. The summed E-state index contributed by atoms with van der Waals surface area (Å²) in [6.45, 7) is 2.50. The Bertz CT molecular complexity index is 765. The van der Waals surface area contributed by atoms with Gasteiger partial charge in [0, 0.05) is 25.7 Å². The molecular formula is C18H20N4O2. The van der Waals surface area contributed by atoms with Crippen LogP contribution in [0.2, 0.25) is 0 Å². The fourth-order valence-corrected chi connectivity index (χ4v) is 2.95. The molecule has 0 bridgehead atoms. The molecule has 4 rings (SSSR count). The number of hydrogen-bond donors (Lipinski definition) is 1. The molecule has 2 heterocycles. The summed E-state index contributed by atoms with van der Waals surface area (Å²) >= 11 is 0. The molecule has 2 amide bonds. The number of rotatable bonds is 5. The van der Waals surface area contributed by atoms with Gasteiger partial charge in [0.25, 0.3) is 11.8 Å². The van der Waals surface area contributed by atoms with Gasteiger partial charge in [0.2, 0.25) is 0 Å². The Balaban J connectivity index is 1.47. The summed E-state index contributed by atoms with van der Waals surface area (Å²) in [6.07, 6.45) is 2.37. The van der Waals surface area contributed by atoms with Crippen LogP contribution in [0.5, 0.6) is 0 Å². The number of fused-ring (bicyclic) bond motifs is 1. The maximum atomic E-state index is 12.7. The zero-order chi connectivity index (χ0) is 16.5. The van der Waals surface area contributed by atoms with E-state index in [1.807, 2.05) is 30.3 Å². The van der Waals surface area contributed by atoms with Crippen molar-refractivity contribution in [1.29, 1.82) is 0 Å². The lowest BCUT2D eigenvalue weighted by Crippen LogP contribution is -2.39. The minimum atomic E-state index is -0.189. The smallest absolute Gasteiger partial charge is 0.272 e. The molecule has 0 saturated heterocycles. The maximum Gasteiger partial charge on any atom is 0.272 e. The van der Waals surface area contributed by atoms with Gasteiger partial charge in [-0.3, -0.25) is 14.3 Å². The van der Waals surface area contributed by atoms with Crippen molar-refractivity contribution in [2.24, 2.45) is 5.92 Å². The Hall–Kier alpha value is -2.63. The molecule has 0 radical (unpaired) electrons. The number of carbonyl (C=O) groups is 2. The van der Waals surface area contributed by atoms with Crippen LogP contribution in [0, 0.1) is 5.92 Å². The van der Waals surface area contributed by atoms with Crippen molar-refractivity contribution in [2.75, 3.05) is 13.1 Å². The van der Waals surface area contributed by atoms with Gasteiger partial charge in [-0.05, 0) is 24.3 Å². The third-order valence-corrected chi connectivity index (χ3v) is 4.57. The normalized spacial score (nSPS) is 16.8. The van der Waals surface area contributed by atoms with E-state index < -0.39 is 0 Å². The minimum Gasteiger partial charge on any atom is -0.350 e. The number of nitrogens with one attached hydrogen (secondary N) is 1. The summed E-state index contributed by atoms with van der Waals surface area (Å²) in [7, 11) is 0. The molecule has 6 nitrogen and oxygen atoms in total. The van der Waals surface area contributed by atoms with Gasteiger partial charge in [-0.25, -0.2) is 0 Å². The molecular weight excluding hydrogens is 304 g/mol. The first-order chi connectivity index (χ1) is 11.7. The first-order valence-corrected chi connectivity index (χ1v) is 8.40. The van der Waals surface area contributed by atoms with Crippen LogP contribution in [0.1, 0.15) is 39.4 Å². The van der Waals surface area contributed by atoms with Gasteiger partial charge < -0.3 is 10.2 Å². The lowest BCUT2D eigenvalue weighted by Gasteiger charge is -2.27. The predicted octanol–water partition coefficient (Wildman–Crippen LogP) is 1.68. The molecule has 1 aliphatic carbocycles. The maximum absolute atomic E-state index is 12.7. The Morgan fingerprint density at radius 3 is 2.75 bits per heavy atom. The number of hydrogen-bond acceptors (Lipinski definition) is 3. The van der Waals surface area contributed by atoms with Crippen molar-refractivity contribution < 1.29 is 9.59 Å². The van der Waals surface area contributed by atoms with Crippen LogP contribution in [0.4, 0.5) is 0 Å². The molecule has 124 valence electrons. The van der Waals surface area contributed by atoms with E-state index in [1.54, 1.807) is 15.6 Å². The van der Waals surface area contributed by atoms with Crippen LogP contribution in [0.25, 0.3) is 0 Å². The first kappa shape index (κ1) is 14.9. The molecule has 1 fully saturated rings. The average Bonchev–Trinajstić information content (AvgIpc) is 3.33. The van der Waals surface area contributed by atoms with E-state index in [4.69, 9.17) is 0 Å². The van der Waals surface area contributed by atoms with Crippen molar-refractivity contribution in [2.45, 2.75) is 25.9 Å². The summed E-state index contributed by atoms with van der Waals surface area (Å²) in [6, 6.07) is 11.5. The van der Waals surface area contributed by atoms with E-state index in [0.29, 0.717) is 43.5 Å². The van der Waals surface area contributed by atoms with E-state index in [2.05, 4.69) is 10.4 Å². The van der Waals surface area contributed by atoms with Gasteiger partial charge in [-0.2, -0.15) is 5.10 Å². The van der Waals surface area contributed by atoms with E-state index in [1.165, 1.54) is 12.8 Å². The topological polar surface area (TPSA) is 67.2 Å². The molecule has 1 aromatic heterocycles.